The van der Waals surface area contributed by atoms with Crippen LogP contribution in [-0.2, 0) is 0 Å². The Hall–Kier alpha value is -4.98. The highest BCUT2D eigenvalue weighted by Gasteiger charge is 2.17. The minimum absolute atomic E-state index is 1.25. The maximum atomic E-state index is 2.40. The monoisotopic (exact) mass is 566 g/mol. The molecule has 0 nitrogen and oxygen atoms in total. The Kier molecular flexibility index (Phi) is 6.21. The minimum atomic E-state index is 1.25. The lowest BCUT2D eigenvalue weighted by Gasteiger charge is -2.13. The van der Waals surface area contributed by atoms with Gasteiger partial charge in [0.15, 0.2) is 0 Å². The lowest BCUT2D eigenvalue weighted by Crippen LogP contribution is -1.87. The van der Waals surface area contributed by atoms with E-state index in [9.17, 15) is 0 Å². The van der Waals surface area contributed by atoms with Gasteiger partial charge < -0.3 is 0 Å². The molecule has 1 heterocycles. The third kappa shape index (κ3) is 4.54. The van der Waals surface area contributed by atoms with Crippen molar-refractivity contribution >= 4 is 43.0 Å². The second-order valence-corrected chi connectivity index (χ2v) is 12.6. The Balaban J connectivity index is 1.30. The van der Waals surface area contributed by atoms with Crippen LogP contribution in [0.25, 0.3) is 75.5 Å². The Morgan fingerprint density at radius 1 is 0.395 bits per heavy atom. The molecule has 0 bridgehead atoms. The lowest BCUT2D eigenvalue weighted by molar-refractivity contribution is 1.47. The van der Waals surface area contributed by atoms with E-state index in [0.717, 1.165) is 0 Å². The molecule has 204 valence electrons. The third-order valence-electron chi connectivity index (χ3n) is 8.64. The van der Waals surface area contributed by atoms with Gasteiger partial charge >= 0.3 is 0 Å². The molecular formula is C42H30S. The van der Waals surface area contributed by atoms with E-state index in [1.165, 1.54) is 86.6 Å². The predicted molar refractivity (Wildman–Crippen MR) is 188 cm³/mol. The van der Waals surface area contributed by atoms with E-state index in [2.05, 4.69) is 159 Å². The van der Waals surface area contributed by atoms with Crippen LogP contribution in [0.15, 0.2) is 146 Å². The summed E-state index contributed by atoms with van der Waals surface area (Å²) in [5, 5.41) is 6.41. The number of thiophene rings is 1. The highest BCUT2D eigenvalue weighted by Crippen LogP contribution is 2.46. The minimum Gasteiger partial charge on any atom is -0.135 e. The summed E-state index contributed by atoms with van der Waals surface area (Å²) < 4.78 is 1.31. The molecule has 8 aromatic rings. The van der Waals surface area contributed by atoms with Crippen molar-refractivity contribution in [1.29, 1.82) is 0 Å². The summed E-state index contributed by atoms with van der Waals surface area (Å²) in [7, 11) is 0. The van der Waals surface area contributed by atoms with Crippen molar-refractivity contribution in [1.82, 2.24) is 0 Å². The molecule has 0 amide bonds. The standard InChI is InChI=1S/C42H30S/c1-27-11-15-30(16-12-27)41-39-22-21-34(26-40(39)43-42(41)31-17-13-28(2)14-18-31)36-24-23-35(37-9-5-6-10-38(36)37)33-20-19-29-7-3-4-8-32(29)25-33/h3-26H,1-2H3. The van der Waals surface area contributed by atoms with Crippen molar-refractivity contribution in [3.05, 3.63) is 157 Å². The van der Waals surface area contributed by atoms with Crippen LogP contribution in [-0.4, -0.2) is 0 Å². The average molecular weight is 567 g/mol. The number of fused-ring (bicyclic) bond motifs is 3. The van der Waals surface area contributed by atoms with Gasteiger partial charge in [0.05, 0.1) is 0 Å². The van der Waals surface area contributed by atoms with Crippen molar-refractivity contribution in [3.63, 3.8) is 0 Å². The zero-order chi connectivity index (χ0) is 28.9. The van der Waals surface area contributed by atoms with Crippen LogP contribution >= 0.6 is 11.3 Å². The van der Waals surface area contributed by atoms with Crippen LogP contribution in [0.3, 0.4) is 0 Å². The number of hydrogen-bond donors (Lipinski definition) is 0. The van der Waals surface area contributed by atoms with E-state index in [-0.39, 0.29) is 0 Å². The third-order valence-corrected chi connectivity index (χ3v) is 9.84. The highest BCUT2D eigenvalue weighted by molar-refractivity contribution is 7.23. The molecule has 0 saturated heterocycles. The van der Waals surface area contributed by atoms with Gasteiger partial charge in [0.1, 0.15) is 0 Å². The molecule has 0 fully saturated rings. The Bertz CT molecular complexity index is 2280. The summed E-state index contributed by atoms with van der Waals surface area (Å²) in [6, 6.07) is 53.8. The predicted octanol–water partition coefficient (Wildman–Crippen LogP) is 12.5. The first-order valence-corrected chi connectivity index (χ1v) is 15.7. The largest absolute Gasteiger partial charge is 0.135 e. The van der Waals surface area contributed by atoms with Gasteiger partial charge in [-0.15, -0.1) is 11.3 Å². The zero-order valence-corrected chi connectivity index (χ0v) is 25.1. The van der Waals surface area contributed by atoms with E-state index in [4.69, 9.17) is 0 Å². The molecule has 0 saturated carbocycles. The highest BCUT2D eigenvalue weighted by atomic mass is 32.1. The van der Waals surface area contributed by atoms with Crippen LogP contribution in [0.1, 0.15) is 11.1 Å². The van der Waals surface area contributed by atoms with Gasteiger partial charge in [-0.3, -0.25) is 0 Å². The van der Waals surface area contributed by atoms with Gasteiger partial charge in [-0.2, -0.15) is 0 Å². The molecule has 43 heavy (non-hydrogen) atoms. The van der Waals surface area contributed by atoms with Crippen LogP contribution in [0, 0.1) is 13.8 Å². The number of benzene rings is 7. The lowest BCUT2D eigenvalue weighted by atomic mass is 9.91. The van der Waals surface area contributed by atoms with Crippen molar-refractivity contribution in [3.8, 4) is 43.8 Å². The normalized spacial score (nSPS) is 11.5. The van der Waals surface area contributed by atoms with Crippen LogP contribution in [0.5, 0.6) is 0 Å². The fourth-order valence-corrected chi connectivity index (χ4v) is 7.61. The van der Waals surface area contributed by atoms with Gasteiger partial charge in [-0.05, 0) is 80.9 Å². The van der Waals surface area contributed by atoms with E-state index < -0.39 is 0 Å². The van der Waals surface area contributed by atoms with Crippen molar-refractivity contribution < 1.29 is 0 Å². The summed E-state index contributed by atoms with van der Waals surface area (Å²) in [6.07, 6.45) is 0. The van der Waals surface area contributed by atoms with E-state index in [0.29, 0.717) is 0 Å². The molecule has 0 aliphatic heterocycles. The van der Waals surface area contributed by atoms with Gasteiger partial charge in [0.25, 0.3) is 0 Å². The van der Waals surface area contributed by atoms with Crippen LogP contribution < -0.4 is 0 Å². The average Bonchev–Trinajstić information content (AvgIpc) is 3.43. The topological polar surface area (TPSA) is 0 Å². The zero-order valence-electron chi connectivity index (χ0n) is 24.3. The van der Waals surface area contributed by atoms with Gasteiger partial charge in [0.2, 0.25) is 0 Å². The molecule has 1 aromatic heterocycles. The first-order chi connectivity index (χ1) is 21.1. The molecule has 0 atom stereocenters. The van der Waals surface area contributed by atoms with Gasteiger partial charge in [0, 0.05) is 20.5 Å². The fraction of sp³-hybridized carbons (Fsp3) is 0.0476. The summed E-state index contributed by atoms with van der Waals surface area (Å²) in [5.41, 5.74) is 11.5. The quantitative estimate of drug-likeness (QED) is 0.199. The summed E-state index contributed by atoms with van der Waals surface area (Å²) >= 11 is 1.90. The van der Waals surface area contributed by atoms with Crippen molar-refractivity contribution in [2.75, 3.05) is 0 Å². The van der Waals surface area contributed by atoms with E-state index in [1.54, 1.807) is 0 Å². The summed E-state index contributed by atoms with van der Waals surface area (Å²) in [6.45, 7) is 4.30. The summed E-state index contributed by atoms with van der Waals surface area (Å²) in [4.78, 5) is 1.33. The van der Waals surface area contributed by atoms with E-state index >= 15 is 0 Å². The maximum absolute atomic E-state index is 2.40. The Morgan fingerprint density at radius 3 is 1.60 bits per heavy atom. The molecule has 0 N–H and O–H groups in total. The van der Waals surface area contributed by atoms with Crippen molar-refractivity contribution in [2.24, 2.45) is 0 Å². The fourth-order valence-electron chi connectivity index (χ4n) is 6.34. The number of hydrogen-bond acceptors (Lipinski definition) is 1. The maximum Gasteiger partial charge on any atom is 0.0433 e. The Labute approximate surface area is 256 Å². The second kappa shape index (κ2) is 10.4. The number of aryl methyl sites for hydroxylation is 2. The van der Waals surface area contributed by atoms with Crippen LogP contribution in [0.4, 0.5) is 0 Å². The molecule has 8 rings (SSSR count). The molecule has 0 spiro atoms. The Morgan fingerprint density at radius 2 is 0.930 bits per heavy atom. The smallest absolute Gasteiger partial charge is 0.0433 e. The van der Waals surface area contributed by atoms with Gasteiger partial charge in [-0.25, -0.2) is 0 Å². The van der Waals surface area contributed by atoms with Crippen molar-refractivity contribution in [2.45, 2.75) is 13.8 Å². The van der Waals surface area contributed by atoms with Gasteiger partial charge in [-0.1, -0.05) is 145 Å². The molecule has 0 unspecified atom stereocenters. The molecule has 0 radical (unpaired) electrons. The molecular weight excluding hydrogens is 537 g/mol. The molecule has 0 aliphatic rings. The second-order valence-electron chi connectivity index (χ2n) is 11.5. The molecule has 7 aromatic carbocycles. The molecule has 1 heteroatoms. The number of rotatable bonds is 4. The van der Waals surface area contributed by atoms with E-state index in [1.807, 2.05) is 11.3 Å². The summed E-state index contributed by atoms with van der Waals surface area (Å²) in [5.74, 6) is 0. The molecule has 0 aliphatic carbocycles. The first kappa shape index (κ1) is 25.7. The van der Waals surface area contributed by atoms with Crippen LogP contribution in [0.2, 0.25) is 0 Å². The first-order valence-electron chi connectivity index (χ1n) is 14.8. The SMILES string of the molecule is Cc1ccc(-c2sc3cc(-c4ccc(-c5ccc6ccccc6c5)c5ccccc45)ccc3c2-c2ccc(C)cc2)cc1.